The van der Waals surface area contributed by atoms with Crippen LogP contribution >= 0.6 is 0 Å². The largest absolute Gasteiger partial charge is 0.481 e. The molecule has 0 atom stereocenters. The zero-order valence-corrected chi connectivity index (χ0v) is 19.5. The molecule has 0 radical (unpaired) electrons. The average Bonchev–Trinajstić information content (AvgIpc) is 2.71. The van der Waals surface area contributed by atoms with Gasteiger partial charge in [0.1, 0.15) is 0 Å². The molecule has 6 N–H and O–H groups in total. The van der Waals surface area contributed by atoms with Gasteiger partial charge in [-0.1, -0.05) is 40.0 Å². The minimum atomic E-state index is -0.693. The summed E-state index contributed by atoms with van der Waals surface area (Å²) in [5, 5.41) is 49.6. The third-order valence-corrected chi connectivity index (χ3v) is 3.48. The van der Waals surface area contributed by atoms with Crippen LogP contribution in [0, 0.1) is 0 Å². The van der Waals surface area contributed by atoms with Gasteiger partial charge in [0.15, 0.2) is 0 Å². The van der Waals surface area contributed by atoms with Crippen LogP contribution in [0.5, 0.6) is 0 Å². The number of hydrogen-bond acceptors (Lipinski definition) is 7. The van der Waals surface area contributed by atoms with E-state index in [1.165, 1.54) is 0 Å². The Labute approximate surface area is 186 Å². The molecular weight excluding hydrogens is 410 g/mol. The second-order valence-corrected chi connectivity index (χ2v) is 6.50. The second kappa shape index (κ2) is 32.9. The van der Waals surface area contributed by atoms with E-state index in [9.17, 15) is 14.4 Å². The van der Waals surface area contributed by atoms with E-state index in [0.29, 0.717) is 38.9 Å². The highest BCUT2D eigenvalue weighted by Crippen LogP contribution is 1.92. The predicted octanol–water partition coefficient (Wildman–Crippen LogP) is 2.05. The molecule has 10 nitrogen and oxygen atoms in total. The number of carbonyl (C=O) groups is 3. The lowest BCUT2D eigenvalue weighted by Gasteiger charge is -2.17. The number of carboxylic acids is 3. The van der Waals surface area contributed by atoms with E-state index in [4.69, 9.17) is 30.6 Å². The zero-order valence-electron chi connectivity index (χ0n) is 19.5. The third-order valence-electron chi connectivity index (χ3n) is 3.48. The van der Waals surface area contributed by atoms with Gasteiger partial charge in [0, 0.05) is 38.9 Å². The zero-order chi connectivity index (χ0) is 24.9. The Morgan fingerprint density at radius 2 is 0.774 bits per heavy atom. The molecule has 0 bridgehead atoms. The van der Waals surface area contributed by atoms with Crippen molar-refractivity contribution in [3.05, 3.63) is 0 Å². The first-order chi connectivity index (χ1) is 14.7. The van der Waals surface area contributed by atoms with Crippen molar-refractivity contribution >= 4 is 17.9 Å². The fraction of sp³-hybridized carbons (Fsp3) is 0.857. The summed E-state index contributed by atoms with van der Waals surface area (Å²) in [5.74, 6) is -2.08. The summed E-state index contributed by atoms with van der Waals surface area (Å²) in [6.07, 6.45) is 6.24. The predicted molar refractivity (Wildman–Crippen MR) is 119 cm³/mol. The van der Waals surface area contributed by atoms with Crippen LogP contribution in [0.15, 0.2) is 0 Å². The van der Waals surface area contributed by atoms with E-state index in [-0.39, 0.29) is 19.8 Å². The Morgan fingerprint density at radius 3 is 0.871 bits per heavy atom. The van der Waals surface area contributed by atoms with Crippen molar-refractivity contribution in [1.29, 1.82) is 0 Å². The van der Waals surface area contributed by atoms with Crippen LogP contribution in [-0.4, -0.2) is 92.9 Å². The topological polar surface area (TPSA) is 176 Å². The number of nitrogens with zero attached hydrogens (tertiary/aromatic N) is 1. The third kappa shape index (κ3) is 52.5. The van der Waals surface area contributed by atoms with Gasteiger partial charge < -0.3 is 30.6 Å². The van der Waals surface area contributed by atoms with Crippen LogP contribution in [0.3, 0.4) is 0 Å². The van der Waals surface area contributed by atoms with Gasteiger partial charge in [-0.15, -0.1) is 0 Å². The Bertz CT molecular complexity index is 336. The lowest BCUT2D eigenvalue weighted by molar-refractivity contribution is -0.138. The van der Waals surface area contributed by atoms with Crippen LogP contribution in [0.25, 0.3) is 0 Å². The Hall–Kier alpha value is -1.75. The van der Waals surface area contributed by atoms with Crippen molar-refractivity contribution in [1.82, 2.24) is 4.90 Å². The van der Waals surface area contributed by atoms with Gasteiger partial charge in [-0.05, 0) is 19.3 Å². The molecule has 0 aliphatic rings. The normalized spacial score (nSPS) is 9.39. The molecule has 0 amide bonds. The summed E-state index contributed by atoms with van der Waals surface area (Å²) in [6.45, 7) is 7.68. The van der Waals surface area contributed by atoms with E-state index in [2.05, 4.69) is 0 Å². The van der Waals surface area contributed by atoms with Gasteiger partial charge in [0.2, 0.25) is 0 Å². The average molecular weight is 456 g/mol. The standard InChI is InChI=1S/C6H15NO3.3C5H10O2/c8-4-1-7(2-5-9)3-6-10;3*1-2-3-4-5(6)7/h8-10H,1-6H2;3*2-4H2,1H3,(H,6,7). The Balaban J connectivity index is -0.000000159. The Kier molecular flexibility index (Phi) is 38.9. The number of aliphatic carboxylic acids is 3. The van der Waals surface area contributed by atoms with Gasteiger partial charge in [-0.2, -0.15) is 0 Å². The maximum Gasteiger partial charge on any atom is 0.303 e. The highest BCUT2D eigenvalue weighted by Gasteiger charge is 2.00. The van der Waals surface area contributed by atoms with Crippen molar-refractivity contribution in [2.75, 3.05) is 39.5 Å². The molecule has 31 heavy (non-hydrogen) atoms. The molecule has 0 aromatic carbocycles. The number of hydrogen-bond donors (Lipinski definition) is 6. The summed E-state index contributed by atoms with van der Waals surface area (Å²) in [6, 6.07) is 0. The summed E-state index contributed by atoms with van der Waals surface area (Å²) < 4.78 is 0. The second-order valence-electron chi connectivity index (χ2n) is 6.50. The molecule has 0 spiro atoms. The van der Waals surface area contributed by atoms with Crippen LogP contribution in [0.2, 0.25) is 0 Å². The van der Waals surface area contributed by atoms with Gasteiger partial charge in [-0.25, -0.2) is 0 Å². The van der Waals surface area contributed by atoms with Gasteiger partial charge >= 0.3 is 17.9 Å². The van der Waals surface area contributed by atoms with E-state index >= 15 is 0 Å². The van der Waals surface area contributed by atoms with Crippen LogP contribution in [0.4, 0.5) is 0 Å². The lowest BCUT2D eigenvalue weighted by Crippen LogP contribution is -2.32. The summed E-state index contributed by atoms with van der Waals surface area (Å²) >= 11 is 0. The number of rotatable bonds is 15. The maximum atomic E-state index is 9.76. The fourth-order valence-corrected chi connectivity index (χ4v) is 1.74. The first-order valence-corrected chi connectivity index (χ1v) is 10.9. The molecule has 0 saturated carbocycles. The van der Waals surface area contributed by atoms with E-state index < -0.39 is 17.9 Å². The molecule has 0 fully saturated rings. The molecule has 10 heteroatoms. The van der Waals surface area contributed by atoms with Gasteiger partial charge in [0.05, 0.1) is 19.8 Å². The highest BCUT2D eigenvalue weighted by atomic mass is 16.4. The molecule has 0 heterocycles. The summed E-state index contributed by atoms with van der Waals surface area (Å²) in [7, 11) is 0. The smallest absolute Gasteiger partial charge is 0.303 e. The quantitative estimate of drug-likeness (QED) is 0.214. The molecule has 188 valence electrons. The van der Waals surface area contributed by atoms with Crippen molar-refractivity contribution in [2.24, 2.45) is 0 Å². The number of unbranched alkanes of at least 4 members (excludes halogenated alkanes) is 3. The van der Waals surface area contributed by atoms with Gasteiger partial charge in [0.25, 0.3) is 0 Å². The molecule has 0 aromatic rings. The van der Waals surface area contributed by atoms with Crippen molar-refractivity contribution in [3.63, 3.8) is 0 Å². The minimum absolute atomic E-state index is 0.0694. The SMILES string of the molecule is CCCCC(=O)O.CCCCC(=O)O.CCCCC(=O)O.OCCN(CCO)CCO. The van der Waals surface area contributed by atoms with Crippen molar-refractivity contribution in [2.45, 2.75) is 78.6 Å². The fourth-order valence-electron chi connectivity index (χ4n) is 1.74. The van der Waals surface area contributed by atoms with Crippen LogP contribution in [-0.2, 0) is 14.4 Å². The molecule has 0 aliphatic heterocycles. The Morgan fingerprint density at radius 1 is 0.548 bits per heavy atom. The van der Waals surface area contributed by atoms with Crippen LogP contribution in [0.1, 0.15) is 78.6 Å². The van der Waals surface area contributed by atoms with Gasteiger partial charge in [-0.3, -0.25) is 19.3 Å². The monoisotopic (exact) mass is 455 g/mol. The molecule has 0 saturated heterocycles. The first-order valence-electron chi connectivity index (χ1n) is 10.9. The number of carboxylic acid groups (broad SMARTS) is 3. The van der Waals surface area contributed by atoms with E-state index in [1.54, 1.807) is 4.90 Å². The molecule has 0 rings (SSSR count). The molecule has 0 unspecified atom stereocenters. The van der Waals surface area contributed by atoms with Crippen molar-refractivity contribution in [3.8, 4) is 0 Å². The summed E-state index contributed by atoms with van der Waals surface area (Å²) in [5.41, 5.74) is 0. The van der Waals surface area contributed by atoms with Crippen LogP contribution < -0.4 is 0 Å². The molecular formula is C21H45NO9. The number of aliphatic hydroxyl groups excluding tert-OH is 3. The first kappa shape index (κ1) is 36.6. The molecule has 0 aliphatic carbocycles. The van der Waals surface area contributed by atoms with E-state index in [0.717, 1.165) is 38.5 Å². The van der Waals surface area contributed by atoms with E-state index in [1.807, 2.05) is 20.8 Å². The maximum absolute atomic E-state index is 9.76. The molecule has 0 aromatic heterocycles. The number of aliphatic hydroxyl groups is 3. The summed E-state index contributed by atoms with van der Waals surface area (Å²) in [4.78, 5) is 31.1. The highest BCUT2D eigenvalue weighted by molar-refractivity contribution is 5.67. The minimum Gasteiger partial charge on any atom is -0.481 e. The lowest BCUT2D eigenvalue weighted by atomic mass is 10.3. The van der Waals surface area contributed by atoms with Crippen molar-refractivity contribution < 1.29 is 45.0 Å².